The minimum atomic E-state index is 0.746. The molecule has 26 heavy (non-hydrogen) atoms. The third-order valence-electron chi connectivity index (χ3n) is 4.79. The summed E-state index contributed by atoms with van der Waals surface area (Å²) in [7, 11) is 0. The van der Waals surface area contributed by atoms with Crippen molar-refractivity contribution < 1.29 is 4.74 Å². The van der Waals surface area contributed by atoms with Crippen molar-refractivity contribution in [2.45, 2.75) is 13.3 Å². The molecule has 4 rings (SSSR count). The Morgan fingerprint density at radius 1 is 1.15 bits per heavy atom. The molecule has 3 heterocycles. The van der Waals surface area contributed by atoms with Crippen molar-refractivity contribution in [2.75, 3.05) is 42.8 Å². The summed E-state index contributed by atoms with van der Waals surface area (Å²) < 4.78 is 5.43. The van der Waals surface area contributed by atoms with Gasteiger partial charge >= 0.3 is 0 Å². The molecule has 0 unspecified atom stereocenters. The van der Waals surface area contributed by atoms with Crippen LogP contribution in [0.4, 0.5) is 11.5 Å². The highest BCUT2D eigenvalue weighted by Gasteiger charge is 2.20. The molecule has 1 fully saturated rings. The molecule has 0 aliphatic carbocycles. The Hall–Kier alpha value is -2.24. The normalized spacial score (nSPS) is 17.6. The first-order valence-electron chi connectivity index (χ1n) is 8.96. The highest BCUT2D eigenvalue weighted by Crippen LogP contribution is 2.25. The van der Waals surface area contributed by atoms with Crippen molar-refractivity contribution in [3.8, 4) is 0 Å². The maximum atomic E-state index is 6.13. The van der Waals surface area contributed by atoms with Gasteiger partial charge in [-0.15, -0.1) is 0 Å². The minimum absolute atomic E-state index is 0.746. The summed E-state index contributed by atoms with van der Waals surface area (Å²) in [6.07, 6.45) is 0.793. The van der Waals surface area contributed by atoms with Gasteiger partial charge in [-0.25, -0.2) is 4.98 Å². The number of hydrogen-bond donors (Lipinski definition) is 1. The number of anilines is 2. The van der Waals surface area contributed by atoms with Gasteiger partial charge in [-0.1, -0.05) is 23.7 Å². The number of hydrogen-bond acceptors (Lipinski definition) is 5. The van der Waals surface area contributed by atoms with Crippen molar-refractivity contribution in [3.05, 3.63) is 64.5 Å². The fourth-order valence-electron chi connectivity index (χ4n) is 3.34. The summed E-state index contributed by atoms with van der Waals surface area (Å²) in [5.41, 5.74) is 8.18. The van der Waals surface area contributed by atoms with Gasteiger partial charge in [0.15, 0.2) is 0 Å². The number of nitrogens with zero attached hydrogens (tertiary/aromatic N) is 3. The van der Waals surface area contributed by atoms with Gasteiger partial charge in [0.05, 0.1) is 25.4 Å². The van der Waals surface area contributed by atoms with Gasteiger partial charge in [0.2, 0.25) is 0 Å². The number of rotatable bonds is 4. The minimum Gasteiger partial charge on any atom is -0.378 e. The Bertz CT molecular complexity index is 817. The number of hydrazine groups is 1. The zero-order valence-corrected chi connectivity index (χ0v) is 15.7. The lowest BCUT2D eigenvalue weighted by Gasteiger charge is -2.28. The van der Waals surface area contributed by atoms with E-state index in [1.165, 1.54) is 11.3 Å². The third-order valence-corrected chi connectivity index (χ3v) is 5.02. The van der Waals surface area contributed by atoms with Crippen LogP contribution in [0.1, 0.15) is 12.6 Å². The summed E-state index contributed by atoms with van der Waals surface area (Å²) in [6, 6.07) is 14.2. The van der Waals surface area contributed by atoms with Crippen LogP contribution < -0.4 is 15.3 Å². The first-order chi connectivity index (χ1) is 12.7. The average molecular weight is 371 g/mol. The monoisotopic (exact) mass is 370 g/mol. The van der Waals surface area contributed by atoms with Gasteiger partial charge in [-0.3, -0.25) is 5.01 Å². The highest BCUT2D eigenvalue weighted by atomic mass is 35.5. The Morgan fingerprint density at radius 3 is 2.77 bits per heavy atom. The van der Waals surface area contributed by atoms with Crippen LogP contribution >= 0.6 is 11.6 Å². The molecule has 136 valence electrons. The van der Waals surface area contributed by atoms with Gasteiger partial charge < -0.3 is 15.1 Å². The predicted octanol–water partition coefficient (Wildman–Crippen LogP) is 3.41. The Kier molecular flexibility index (Phi) is 5.00. The average Bonchev–Trinajstić information content (AvgIpc) is 3.03. The lowest BCUT2D eigenvalue weighted by Crippen LogP contribution is -2.36. The van der Waals surface area contributed by atoms with E-state index in [4.69, 9.17) is 21.3 Å². The van der Waals surface area contributed by atoms with E-state index in [1.807, 2.05) is 18.2 Å². The molecular weight excluding hydrogens is 348 g/mol. The molecule has 0 atom stereocenters. The topological polar surface area (TPSA) is 40.6 Å². The summed E-state index contributed by atoms with van der Waals surface area (Å²) in [4.78, 5) is 7.15. The molecule has 1 aromatic carbocycles. The molecule has 0 amide bonds. The van der Waals surface area contributed by atoms with E-state index in [0.29, 0.717) is 0 Å². The van der Waals surface area contributed by atoms with E-state index in [0.717, 1.165) is 61.5 Å². The van der Waals surface area contributed by atoms with E-state index in [-0.39, 0.29) is 0 Å². The number of pyridine rings is 1. The molecular formula is C20H23ClN4O. The van der Waals surface area contributed by atoms with Crippen LogP contribution in [0.3, 0.4) is 0 Å². The quantitative estimate of drug-likeness (QED) is 0.893. The lowest BCUT2D eigenvalue weighted by molar-refractivity contribution is 0.122. The van der Waals surface area contributed by atoms with E-state index in [2.05, 4.69) is 46.5 Å². The van der Waals surface area contributed by atoms with Crippen LogP contribution in [0.5, 0.6) is 0 Å². The Morgan fingerprint density at radius 2 is 1.96 bits per heavy atom. The molecule has 1 aromatic heterocycles. The zero-order chi connectivity index (χ0) is 17.9. The molecule has 6 heteroatoms. The van der Waals surface area contributed by atoms with Gasteiger partial charge in [0.1, 0.15) is 5.82 Å². The van der Waals surface area contributed by atoms with Crippen molar-refractivity contribution in [3.63, 3.8) is 0 Å². The number of aromatic nitrogens is 1. The van der Waals surface area contributed by atoms with Crippen molar-refractivity contribution in [1.82, 2.24) is 10.4 Å². The van der Waals surface area contributed by atoms with Gasteiger partial charge in [-0.05, 0) is 42.8 Å². The van der Waals surface area contributed by atoms with Gasteiger partial charge in [-0.2, -0.15) is 0 Å². The number of halogens is 1. The molecule has 0 saturated carbocycles. The van der Waals surface area contributed by atoms with Crippen LogP contribution in [0, 0.1) is 0 Å². The lowest BCUT2D eigenvalue weighted by atomic mass is 10.1. The molecule has 0 radical (unpaired) electrons. The van der Waals surface area contributed by atoms with Gasteiger partial charge in [0, 0.05) is 35.9 Å². The molecule has 0 bridgehead atoms. The van der Waals surface area contributed by atoms with E-state index in [1.54, 1.807) is 0 Å². The molecule has 1 saturated heterocycles. The fourth-order valence-corrected chi connectivity index (χ4v) is 3.52. The number of allylic oxidation sites excluding steroid dienone is 1. The van der Waals surface area contributed by atoms with E-state index >= 15 is 0 Å². The molecule has 5 nitrogen and oxygen atoms in total. The largest absolute Gasteiger partial charge is 0.378 e. The maximum Gasteiger partial charge on any atom is 0.128 e. The van der Waals surface area contributed by atoms with E-state index < -0.39 is 0 Å². The van der Waals surface area contributed by atoms with Crippen molar-refractivity contribution in [1.29, 1.82) is 0 Å². The van der Waals surface area contributed by atoms with Crippen LogP contribution in [0.2, 0.25) is 5.02 Å². The zero-order valence-electron chi connectivity index (χ0n) is 14.9. The fraction of sp³-hybridized carbons (Fsp3) is 0.350. The molecule has 2 aliphatic rings. The van der Waals surface area contributed by atoms with Crippen LogP contribution in [0.15, 0.2) is 53.7 Å². The molecule has 1 N–H and O–H groups in total. The Balaban J connectivity index is 1.46. The summed E-state index contributed by atoms with van der Waals surface area (Å²) in [6.45, 7) is 6.36. The third kappa shape index (κ3) is 3.79. The standard InChI is InChI=1S/C20H23ClN4O/c1-15-14-25(18-6-2-4-16(21)12-18)23-19(15)13-17-5-3-7-20(22-17)24-8-10-26-11-9-24/h2-7,12,23H,8-11,13-14H2,1H3. The summed E-state index contributed by atoms with van der Waals surface area (Å²) in [5, 5.41) is 2.87. The SMILES string of the molecule is CC1=C(Cc2cccc(N3CCOCC3)n2)NN(c2cccc(Cl)c2)C1. The molecule has 0 spiro atoms. The second kappa shape index (κ2) is 7.56. The van der Waals surface area contributed by atoms with Crippen LogP contribution in [-0.2, 0) is 11.2 Å². The maximum absolute atomic E-state index is 6.13. The Labute approximate surface area is 159 Å². The highest BCUT2D eigenvalue weighted by molar-refractivity contribution is 6.30. The number of nitrogens with one attached hydrogen (secondary N) is 1. The number of benzene rings is 1. The smallest absolute Gasteiger partial charge is 0.128 e. The van der Waals surface area contributed by atoms with Crippen LogP contribution in [-0.4, -0.2) is 37.8 Å². The van der Waals surface area contributed by atoms with Crippen LogP contribution in [0.25, 0.3) is 0 Å². The predicted molar refractivity (Wildman–Crippen MR) is 106 cm³/mol. The summed E-state index contributed by atoms with van der Waals surface area (Å²) in [5.74, 6) is 1.04. The first-order valence-corrected chi connectivity index (χ1v) is 9.34. The second-order valence-electron chi connectivity index (χ2n) is 6.70. The number of ether oxygens (including phenoxy) is 1. The van der Waals surface area contributed by atoms with Crippen molar-refractivity contribution >= 4 is 23.1 Å². The molecule has 2 aliphatic heterocycles. The summed E-state index contributed by atoms with van der Waals surface area (Å²) >= 11 is 6.13. The van der Waals surface area contributed by atoms with Crippen molar-refractivity contribution in [2.24, 2.45) is 0 Å². The second-order valence-corrected chi connectivity index (χ2v) is 7.14. The van der Waals surface area contributed by atoms with E-state index in [9.17, 15) is 0 Å². The molecule has 2 aromatic rings. The van der Waals surface area contributed by atoms with Gasteiger partial charge in [0.25, 0.3) is 0 Å². The number of morpholine rings is 1. The first kappa shape index (κ1) is 17.2.